The van der Waals surface area contributed by atoms with E-state index in [2.05, 4.69) is 5.32 Å². The summed E-state index contributed by atoms with van der Waals surface area (Å²) < 4.78 is 55.2. The molecule has 0 bridgehead atoms. The van der Waals surface area contributed by atoms with Crippen molar-refractivity contribution in [3.8, 4) is 6.07 Å². The van der Waals surface area contributed by atoms with Crippen molar-refractivity contribution in [2.45, 2.75) is 31.0 Å². The molecule has 33 heavy (non-hydrogen) atoms. The largest absolute Gasteiger partial charge is 0.396 e. The number of allylic oxidation sites excluding steroid dienone is 3. The van der Waals surface area contributed by atoms with E-state index < -0.39 is 41.2 Å². The van der Waals surface area contributed by atoms with Crippen molar-refractivity contribution in [2.75, 3.05) is 11.9 Å². The molecule has 1 aliphatic heterocycles. The average Bonchev–Trinajstić information content (AvgIpc) is 2.98. The number of nitrogens with one attached hydrogen (secondary N) is 1. The molecule has 1 spiro atoms. The number of rotatable bonds is 3. The number of hydrogen-bond donors (Lipinski definition) is 1. The Hall–Kier alpha value is -3.26. The molecular weight excluding hydrogens is 460 g/mol. The smallest absolute Gasteiger partial charge is 0.355 e. The molecule has 1 aromatic rings. The Morgan fingerprint density at radius 1 is 1.33 bits per heavy atom. The molecule has 0 radical (unpaired) electrons. The fourth-order valence-electron chi connectivity index (χ4n) is 4.41. The second-order valence-corrected chi connectivity index (χ2v) is 8.43. The monoisotopic (exact) mass is 478 g/mol. The molecule has 4 rings (SSSR count). The van der Waals surface area contributed by atoms with Crippen LogP contribution in [-0.2, 0) is 4.79 Å². The predicted octanol–water partition coefficient (Wildman–Crippen LogP) is 3.81. The lowest BCUT2D eigenvalue weighted by atomic mass is 9.75. The molecule has 2 fully saturated rings. The van der Waals surface area contributed by atoms with Gasteiger partial charge in [-0.3, -0.25) is 14.5 Å². The molecule has 2 aliphatic carbocycles. The van der Waals surface area contributed by atoms with Crippen LogP contribution in [0.5, 0.6) is 0 Å². The average molecular weight is 478 g/mol. The Labute approximate surface area is 192 Å². The van der Waals surface area contributed by atoms with Crippen molar-refractivity contribution in [3.63, 3.8) is 0 Å². The second kappa shape index (κ2) is 7.95. The number of amides is 2. The summed E-state index contributed by atoms with van der Waals surface area (Å²) in [7, 11) is 1.36. The first-order valence-electron chi connectivity index (χ1n) is 10.1. The van der Waals surface area contributed by atoms with Gasteiger partial charge in [-0.25, -0.2) is 4.39 Å². The Kier molecular flexibility index (Phi) is 5.52. The van der Waals surface area contributed by atoms with Crippen molar-refractivity contribution < 1.29 is 27.2 Å². The van der Waals surface area contributed by atoms with Crippen LogP contribution in [0.2, 0.25) is 0 Å². The van der Waals surface area contributed by atoms with Crippen LogP contribution in [0.15, 0.2) is 42.1 Å². The highest BCUT2D eigenvalue weighted by atomic mass is 32.1. The number of alkyl halides is 3. The Bertz CT molecular complexity index is 1150. The minimum atomic E-state index is -4.69. The van der Waals surface area contributed by atoms with Crippen molar-refractivity contribution in [1.82, 2.24) is 10.2 Å². The molecule has 2 amide bonds. The third kappa shape index (κ3) is 3.49. The first kappa shape index (κ1) is 22.9. The van der Waals surface area contributed by atoms with Crippen LogP contribution in [0.3, 0.4) is 0 Å². The summed E-state index contributed by atoms with van der Waals surface area (Å²) in [5.74, 6) is -5.45. The third-order valence-corrected chi connectivity index (χ3v) is 6.64. The standard InChI is InChI=1S/C22H18F4N4O2S/c1-28-18(31)15-6-5-14(10-17(15)23)30-20(33)29(19(32)21(30)7-2-8-21)13-4-3-12(11-27)16(9-13)22(24,25)26/h3-6,9-10,12,16H,2,7-8H2,1H3,(H,28,31). The van der Waals surface area contributed by atoms with E-state index in [-0.39, 0.29) is 22.1 Å². The number of benzene rings is 1. The fraction of sp³-hybridized carbons (Fsp3) is 0.364. The van der Waals surface area contributed by atoms with Gasteiger partial charge < -0.3 is 10.2 Å². The van der Waals surface area contributed by atoms with Crippen LogP contribution >= 0.6 is 12.2 Å². The van der Waals surface area contributed by atoms with Gasteiger partial charge in [0.25, 0.3) is 11.8 Å². The number of carbonyl (C=O) groups is 2. The third-order valence-electron chi connectivity index (χ3n) is 6.27. The molecule has 6 nitrogen and oxygen atoms in total. The van der Waals surface area contributed by atoms with E-state index in [4.69, 9.17) is 17.5 Å². The zero-order valence-corrected chi connectivity index (χ0v) is 18.1. The van der Waals surface area contributed by atoms with Crippen LogP contribution in [0.25, 0.3) is 0 Å². The molecule has 11 heteroatoms. The minimum absolute atomic E-state index is 0.0740. The highest BCUT2D eigenvalue weighted by molar-refractivity contribution is 7.80. The number of halogens is 4. The summed E-state index contributed by atoms with van der Waals surface area (Å²) in [6.07, 6.45) is 0.0110. The van der Waals surface area contributed by atoms with Crippen LogP contribution in [-0.4, -0.2) is 40.6 Å². The molecule has 1 heterocycles. The maximum atomic E-state index is 14.6. The van der Waals surface area contributed by atoms with E-state index in [9.17, 15) is 27.2 Å². The minimum Gasteiger partial charge on any atom is -0.355 e. The zero-order chi connectivity index (χ0) is 24.1. The molecule has 2 unspecified atom stereocenters. The SMILES string of the molecule is CNC(=O)c1ccc(N2C(=S)N(C3=CC(C(F)(F)F)C(C#N)C=C3)C(=O)C23CCC3)cc1F. The van der Waals surface area contributed by atoms with Gasteiger partial charge in [0.05, 0.1) is 23.5 Å². The van der Waals surface area contributed by atoms with Gasteiger partial charge in [0.1, 0.15) is 11.4 Å². The first-order chi connectivity index (χ1) is 15.5. The van der Waals surface area contributed by atoms with Gasteiger partial charge in [0.15, 0.2) is 5.11 Å². The molecule has 3 aliphatic rings. The summed E-state index contributed by atoms with van der Waals surface area (Å²) in [5, 5.41) is 11.3. The molecule has 1 aromatic carbocycles. The van der Waals surface area contributed by atoms with E-state index in [1.54, 1.807) is 6.07 Å². The van der Waals surface area contributed by atoms with Crippen molar-refractivity contribution in [1.29, 1.82) is 5.26 Å². The summed E-state index contributed by atoms with van der Waals surface area (Å²) in [5.41, 5.74) is -1.17. The van der Waals surface area contributed by atoms with Gasteiger partial charge in [-0.2, -0.15) is 18.4 Å². The Morgan fingerprint density at radius 2 is 2.03 bits per heavy atom. The molecule has 1 saturated heterocycles. The van der Waals surface area contributed by atoms with Gasteiger partial charge in [0.2, 0.25) is 0 Å². The van der Waals surface area contributed by atoms with E-state index in [1.807, 2.05) is 0 Å². The van der Waals surface area contributed by atoms with Gasteiger partial charge >= 0.3 is 6.18 Å². The summed E-state index contributed by atoms with van der Waals surface area (Å²) in [6, 6.07) is 5.42. The quantitative estimate of drug-likeness (QED) is 0.528. The molecule has 0 aromatic heterocycles. The first-order valence-corrected chi connectivity index (χ1v) is 10.5. The van der Waals surface area contributed by atoms with Crippen LogP contribution in [0.4, 0.5) is 23.2 Å². The topological polar surface area (TPSA) is 76.4 Å². The zero-order valence-electron chi connectivity index (χ0n) is 17.3. The van der Waals surface area contributed by atoms with Gasteiger partial charge in [-0.1, -0.05) is 6.08 Å². The molecular formula is C22H18F4N4O2S. The number of thiocarbonyl (C=S) groups is 1. The van der Waals surface area contributed by atoms with E-state index >= 15 is 0 Å². The lowest BCUT2D eigenvalue weighted by Crippen LogP contribution is -2.55. The number of nitriles is 1. The normalized spacial score (nSPS) is 23.9. The summed E-state index contributed by atoms with van der Waals surface area (Å²) in [4.78, 5) is 27.7. The van der Waals surface area contributed by atoms with Crippen molar-refractivity contribution in [3.05, 3.63) is 53.5 Å². The molecule has 1 saturated carbocycles. The predicted molar refractivity (Wildman–Crippen MR) is 114 cm³/mol. The van der Waals surface area contributed by atoms with E-state index in [0.29, 0.717) is 19.3 Å². The molecule has 2 atom stereocenters. The number of nitrogens with zero attached hydrogens (tertiary/aromatic N) is 3. The maximum absolute atomic E-state index is 14.6. The Balaban J connectivity index is 1.75. The van der Waals surface area contributed by atoms with Crippen molar-refractivity contribution in [2.24, 2.45) is 11.8 Å². The van der Waals surface area contributed by atoms with Gasteiger partial charge in [-0.05, 0) is 61.8 Å². The second-order valence-electron chi connectivity index (χ2n) is 8.06. The lowest BCUT2D eigenvalue weighted by Gasteiger charge is -2.43. The molecule has 1 N–H and O–H groups in total. The number of hydrogen-bond acceptors (Lipinski definition) is 4. The summed E-state index contributed by atoms with van der Waals surface area (Å²) in [6.45, 7) is 0. The van der Waals surface area contributed by atoms with Crippen molar-refractivity contribution >= 4 is 34.8 Å². The van der Waals surface area contributed by atoms with E-state index in [0.717, 1.165) is 23.1 Å². The van der Waals surface area contributed by atoms with Crippen LogP contribution < -0.4 is 10.2 Å². The van der Waals surface area contributed by atoms with E-state index in [1.165, 1.54) is 30.2 Å². The highest BCUT2D eigenvalue weighted by Gasteiger charge is 2.60. The number of anilines is 1. The van der Waals surface area contributed by atoms with Gasteiger partial charge in [-0.15, -0.1) is 0 Å². The lowest BCUT2D eigenvalue weighted by molar-refractivity contribution is -0.166. The molecule has 172 valence electrons. The highest BCUT2D eigenvalue weighted by Crippen LogP contribution is 2.49. The summed E-state index contributed by atoms with van der Waals surface area (Å²) >= 11 is 5.50. The van der Waals surface area contributed by atoms with Gasteiger partial charge in [0, 0.05) is 18.4 Å². The number of carbonyl (C=O) groups excluding carboxylic acids is 2. The fourth-order valence-corrected chi connectivity index (χ4v) is 4.87. The Morgan fingerprint density at radius 3 is 2.55 bits per heavy atom. The van der Waals surface area contributed by atoms with Crippen LogP contribution in [0, 0.1) is 29.0 Å². The van der Waals surface area contributed by atoms with Crippen LogP contribution in [0.1, 0.15) is 29.6 Å². The maximum Gasteiger partial charge on any atom is 0.396 e.